The van der Waals surface area contributed by atoms with Gasteiger partial charge in [0.1, 0.15) is 0 Å². The summed E-state index contributed by atoms with van der Waals surface area (Å²) in [6.45, 7) is 15.2. The van der Waals surface area contributed by atoms with Crippen LogP contribution in [0.4, 0.5) is 0 Å². The third-order valence-electron chi connectivity index (χ3n) is 4.94. The van der Waals surface area contributed by atoms with E-state index < -0.39 is 0 Å². The van der Waals surface area contributed by atoms with Crippen molar-refractivity contribution in [2.24, 2.45) is 16.7 Å². The van der Waals surface area contributed by atoms with Gasteiger partial charge in [-0.1, -0.05) is 34.3 Å². The van der Waals surface area contributed by atoms with Gasteiger partial charge in [-0.25, -0.2) is 0 Å². The van der Waals surface area contributed by atoms with Gasteiger partial charge in [-0.15, -0.1) is 0 Å². The van der Waals surface area contributed by atoms with Crippen LogP contribution in [-0.2, 0) is 4.79 Å². The Hall–Kier alpha value is -0.990. The molecule has 1 saturated heterocycles. The van der Waals surface area contributed by atoms with Crippen molar-refractivity contribution >= 4 is 5.91 Å². The third kappa shape index (κ3) is 1.85. The van der Waals surface area contributed by atoms with Crippen molar-refractivity contribution in [2.45, 2.75) is 34.1 Å². The van der Waals surface area contributed by atoms with E-state index in [1.165, 1.54) is 0 Å². The second-order valence-electron chi connectivity index (χ2n) is 6.52. The zero-order valence-corrected chi connectivity index (χ0v) is 11.5. The number of rotatable bonds is 1. The van der Waals surface area contributed by atoms with Crippen LogP contribution < -0.4 is 5.32 Å². The van der Waals surface area contributed by atoms with Crippen molar-refractivity contribution < 1.29 is 4.79 Å². The predicted molar refractivity (Wildman–Crippen MR) is 69.4 cm³/mol. The summed E-state index contributed by atoms with van der Waals surface area (Å²) in [7, 11) is 0. The van der Waals surface area contributed by atoms with Crippen molar-refractivity contribution in [2.75, 3.05) is 19.6 Å². The lowest BCUT2D eigenvalue weighted by Gasteiger charge is -2.21. The molecule has 96 valence electrons. The molecule has 2 fully saturated rings. The standard InChI is InChI=1S/C14H24N2O/c1-10-9-16(8-6-7-15-10)12(17)11-13(2,3)14(11,4)5/h11,15H,1,6-9H2,2-5H3. The van der Waals surface area contributed by atoms with Crippen LogP contribution in [0.5, 0.6) is 0 Å². The van der Waals surface area contributed by atoms with E-state index in [0.717, 1.165) is 25.2 Å². The Balaban J connectivity index is 2.08. The minimum absolute atomic E-state index is 0.130. The van der Waals surface area contributed by atoms with Crippen LogP contribution >= 0.6 is 0 Å². The molecule has 0 aromatic rings. The monoisotopic (exact) mass is 236 g/mol. The topological polar surface area (TPSA) is 32.3 Å². The molecule has 1 aliphatic carbocycles. The quantitative estimate of drug-likeness (QED) is 0.755. The summed E-state index contributed by atoms with van der Waals surface area (Å²) < 4.78 is 0. The van der Waals surface area contributed by atoms with Crippen LogP contribution in [0, 0.1) is 16.7 Å². The van der Waals surface area contributed by atoms with Crippen molar-refractivity contribution in [3.05, 3.63) is 12.3 Å². The normalized spacial score (nSPS) is 27.3. The first-order chi connectivity index (χ1) is 7.78. The van der Waals surface area contributed by atoms with Crippen LogP contribution in [0.15, 0.2) is 12.3 Å². The Morgan fingerprint density at radius 2 is 1.94 bits per heavy atom. The van der Waals surface area contributed by atoms with Gasteiger partial charge < -0.3 is 10.2 Å². The Morgan fingerprint density at radius 3 is 2.47 bits per heavy atom. The average molecular weight is 236 g/mol. The van der Waals surface area contributed by atoms with Gasteiger partial charge in [0, 0.05) is 24.7 Å². The van der Waals surface area contributed by atoms with E-state index in [4.69, 9.17) is 0 Å². The highest BCUT2D eigenvalue weighted by Gasteiger charge is 2.68. The summed E-state index contributed by atoms with van der Waals surface area (Å²) in [5.74, 6) is 0.478. The van der Waals surface area contributed by atoms with Crippen LogP contribution in [0.1, 0.15) is 34.1 Å². The molecule has 0 atom stereocenters. The summed E-state index contributed by atoms with van der Waals surface area (Å²) in [6.07, 6.45) is 1.01. The fourth-order valence-corrected chi connectivity index (χ4v) is 3.08. The molecule has 0 radical (unpaired) electrons. The molecule has 1 heterocycles. The Kier molecular flexibility index (Phi) is 2.75. The number of hydrogen-bond acceptors (Lipinski definition) is 2. The maximum Gasteiger partial charge on any atom is 0.227 e. The first-order valence-electron chi connectivity index (χ1n) is 6.49. The van der Waals surface area contributed by atoms with Gasteiger partial charge in [0.05, 0.1) is 6.54 Å². The number of carbonyl (C=O) groups excluding carboxylic acids is 1. The molecule has 2 rings (SSSR count). The summed E-state index contributed by atoms with van der Waals surface area (Å²) in [4.78, 5) is 14.5. The summed E-state index contributed by atoms with van der Waals surface area (Å²) in [6, 6.07) is 0. The van der Waals surface area contributed by atoms with E-state index in [-0.39, 0.29) is 16.7 Å². The minimum Gasteiger partial charge on any atom is -0.387 e. The second-order valence-corrected chi connectivity index (χ2v) is 6.52. The molecule has 0 aromatic carbocycles. The van der Waals surface area contributed by atoms with Crippen LogP contribution in [0.2, 0.25) is 0 Å². The highest BCUT2D eigenvalue weighted by atomic mass is 16.2. The molecule has 0 bridgehead atoms. The van der Waals surface area contributed by atoms with E-state index in [1.54, 1.807) is 0 Å². The summed E-state index contributed by atoms with van der Waals surface area (Å²) >= 11 is 0. The molecule has 0 unspecified atom stereocenters. The lowest BCUT2D eigenvalue weighted by molar-refractivity contribution is -0.133. The van der Waals surface area contributed by atoms with Gasteiger partial charge in [-0.3, -0.25) is 4.79 Å². The lowest BCUT2D eigenvalue weighted by atomic mass is 10.0. The third-order valence-corrected chi connectivity index (χ3v) is 4.94. The van der Waals surface area contributed by atoms with Gasteiger partial charge in [-0.05, 0) is 17.3 Å². The van der Waals surface area contributed by atoms with Gasteiger partial charge in [0.15, 0.2) is 0 Å². The van der Waals surface area contributed by atoms with E-state index >= 15 is 0 Å². The van der Waals surface area contributed by atoms with Gasteiger partial charge in [0.2, 0.25) is 5.91 Å². The van der Waals surface area contributed by atoms with E-state index in [9.17, 15) is 4.79 Å². The number of amides is 1. The maximum absolute atomic E-state index is 12.5. The number of nitrogens with zero attached hydrogens (tertiary/aromatic N) is 1. The van der Waals surface area contributed by atoms with Gasteiger partial charge in [0.25, 0.3) is 0 Å². The fraction of sp³-hybridized carbons (Fsp3) is 0.786. The van der Waals surface area contributed by atoms with E-state index in [2.05, 4.69) is 39.6 Å². The zero-order valence-electron chi connectivity index (χ0n) is 11.5. The van der Waals surface area contributed by atoms with Gasteiger partial charge >= 0.3 is 0 Å². The number of carbonyl (C=O) groups is 1. The number of nitrogens with one attached hydrogen (secondary N) is 1. The van der Waals surface area contributed by atoms with Crippen molar-refractivity contribution in [1.29, 1.82) is 0 Å². The van der Waals surface area contributed by atoms with Crippen LogP contribution in [-0.4, -0.2) is 30.4 Å². The maximum atomic E-state index is 12.5. The van der Waals surface area contributed by atoms with Crippen molar-refractivity contribution in [3.63, 3.8) is 0 Å². The van der Waals surface area contributed by atoms with E-state index in [1.807, 2.05) is 4.90 Å². The summed E-state index contributed by atoms with van der Waals surface area (Å²) in [5, 5.41) is 3.24. The molecule has 3 heteroatoms. The molecule has 0 aromatic heterocycles. The largest absolute Gasteiger partial charge is 0.387 e. The smallest absolute Gasteiger partial charge is 0.227 e. The van der Waals surface area contributed by atoms with Crippen LogP contribution in [0.25, 0.3) is 0 Å². The SMILES string of the molecule is C=C1CN(C(=O)C2C(C)(C)C2(C)C)CCCN1. The minimum atomic E-state index is 0.130. The first-order valence-corrected chi connectivity index (χ1v) is 6.49. The highest BCUT2D eigenvalue weighted by molar-refractivity contribution is 5.84. The summed E-state index contributed by atoms with van der Waals surface area (Å²) in [5.41, 5.74) is 1.23. The molecule has 3 nitrogen and oxygen atoms in total. The second kappa shape index (κ2) is 3.76. The molecular weight excluding hydrogens is 212 g/mol. The van der Waals surface area contributed by atoms with Crippen LogP contribution in [0.3, 0.4) is 0 Å². The molecule has 1 N–H and O–H groups in total. The van der Waals surface area contributed by atoms with Gasteiger partial charge in [-0.2, -0.15) is 0 Å². The first kappa shape index (κ1) is 12.5. The molecule has 0 spiro atoms. The average Bonchev–Trinajstić information content (AvgIpc) is 2.72. The fourth-order valence-electron chi connectivity index (χ4n) is 3.08. The highest BCUT2D eigenvalue weighted by Crippen LogP contribution is 2.68. The Labute approximate surface area is 104 Å². The molecule has 2 aliphatic rings. The molecule has 17 heavy (non-hydrogen) atoms. The predicted octanol–water partition coefficient (Wildman–Crippen LogP) is 2.00. The number of hydrogen-bond donors (Lipinski definition) is 1. The lowest BCUT2D eigenvalue weighted by Crippen LogP contribution is -2.35. The Bertz CT molecular complexity index is 343. The zero-order chi connectivity index (χ0) is 12.8. The molecular formula is C14H24N2O. The van der Waals surface area contributed by atoms with Crippen molar-refractivity contribution in [1.82, 2.24) is 10.2 Å². The van der Waals surface area contributed by atoms with E-state index in [0.29, 0.717) is 12.5 Å². The van der Waals surface area contributed by atoms with Crippen molar-refractivity contribution in [3.8, 4) is 0 Å². The molecule has 1 saturated carbocycles. The molecule has 1 aliphatic heterocycles. The Morgan fingerprint density at radius 1 is 1.35 bits per heavy atom. The molecule has 1 amide bonds.